The van der Waals surface area contributed by atoms with Crippen molar-refractivity contribution in [3.05, 3.63) is 60.2 Å². The fourth-order valence-electron chi connectivity index (χ4n) is 2.84. The van der Waals surface area contributed by atoms with E-state index in [0.29, 0.717) is 5.82 Å². The number of aromatic amines is 1. The molecule has 0 fully saturated rings. The Morgan fingerprint density at radius 3 is 2.64 bits per heavy atom. The van der Waals surface area contributed by atoms with E-state index in [0.717, 1.165) is 39.2 Å². The molecule has 4 heterocycles. The number of fused-ring (bicyclic) bond motifs is 1. The van der Waals surface area contributed by atoms with Crippen LogP contribution in [0.1, 0.15) is 11.3 Å². The Morgan fingerprint density at radius 1 is 1.00 bits per heavy atom. The number of rotatable bonds is 2. The van der Waals surface area contributed by atoms with Crippen LogP contribution in [0.4, 0.5) is 0 Å². The lowest BCUT2D eigenvalue weighted by molar-refractivity contribution is 1.13. The zero-order chi connectivity index (χ0) is 19.7. The van der Waals surface area contributed by atoms with Crippen LogP contribution in [0, 0.1) is 18.4 Å². The van der Waals surface area contributed by atoms with Gasteiger partial charge in [0, 0.05) is 40.8 Å². The standard InChI is InChI=1S/C22H21N5Si/c1-15-6-5-7-19(25-15)22-26-20(18-8-10-24-21(18)27-22)17-12-16(13-23-14-17)9-11-28(2,3)4/h5-8,10,12-14H,1-4H3,(H,24,26,27). The van der Waals surface area contributed by atoms with Gasteiger partial charge in [-0.1, -0.05) is 31.6 Å². The molecule has 4 aromatic heterocycles. The van der Waals surface area contributed by atoms with E-state index in [1.807, 2.05) is 49.6 Å². The molecule has 5 nitrogen and oxygen atoms in total. The number of H-pyrrole nitrogens is 1. The van der Waals surface area contributed by atoms with Crippen molar-refractivity contribution in [1.82, 2.24) is 24.9 Å². The number of nitrogens with one attached hydrogen (secondary N) is 1. The average Bonchev–Trinajstić information content (AvgIpc) is 3.14. The molecule has 0 aliphatic rings. The Labute approximate surface area is 165 Å². The Hall–Kier alpha value is -3.30. The maximum atomic E-state index is 4.83. The van der Waals surface area contributed by atoms with E-state index < -0.39 is 8.07 Å². The third-order valence-electron chi connectivity index (χ3n) is 4.13. The highest BCUT2D eigenvalue weighted by Crippen LogP contribution is 2.28. The summed E-state index contributed by atoms with van der Waals surface area (Å²) in [5.41, 5.74) is 8.50. The van der Waals surface area contributed by atoms with E-state index >= 15 is 0 Å². The molecule has 0 aliphatic carbocycles. The molecule has 0 unspecified atom stereocenters. The smallest absolute Gasteiger partial charge is 0.180 e. The van der Waals surface area contributed by atoms with Crippen molar-refractivity contribution in [2.45, 2.75) is 26.6 Å². The lowest BCUT2D eigenvalue weighted by Crippen LogP contribution is -2.16. The fraction of sp³-hybridized carbons (Fsp3) is 0.182. The highest BCUT2D eigenvalue weighted by molar-refractivity contribution is 6.83. The van der Waals surface area contributed by atoms with Gasteiger partial charge in [-0.3, -0.25) is 4.98 Å². The van der Waals surface area contributed by atoms with Crippen LogP contribution in [0.25, 0.3) is 33.8 Å². The van der Waals surface area contributed by atoms with Crippen LogP contribution in [0.3, 0.4) is 0 Å². The minimum atomic E-state index is -1.46. The molecule has 1 N–H and O–H groups in total. The molecule has 28 heavy (non-hydrogen) atoms. The van der Waals surface area contributed by atoms with Crippen LogP contribution in [-0.2, 0) is 0 Å². The summed E-state index contributed by atoms with van der Waals surface area (Å²) in [6.07, 6.45) is 5.50. The second-order valence-corrected chi connectivity index (χ2v) is 12.5. The van der Waals surface area contributed by atoms with Crippen molar-refractivity contribution in [2.75, 3.05) is 0 Å². The van der Waals surface area contributed by atoms with Crippen molar-refractivity contribution in [3.63, 3.8) is 0 Å². The van der Waals surface area contributed by atoms with E-state index in [-0.39, 0.29) is 0 Å². The number of nitrogens with zero attached hydrogens (tertiary/aromatic N) is 4. The van der Waals surface area contributed by atoms with Gasteiger partial charge in [0.1, 0.15) is 19.4 Å². The monoisotopic (exact) mass is 383 g/mol. The number of aromatic nitrogens is 5. The van der Waals surface area contributed by atoms with E-state index in [9.17, 15) is 0 Å². The summed E-state index contributed by atoms with van der Waals surface area (Å²) in [5.74, 6) is 3.87. The van der Waals surface area contributed by atoms with Crippen LogP contribution in [0.2, 0.25) is 19.6 Å². The second kappa shape index (κ2) is 7.02. The van der Waals surface area contributed by atoms with Crippen LogP contribution in [-0.4, -0.2) is 33.0 Å². The first-order valence-electron chi connectivity index (χ1n) is 9.17. The van der Waals surface area contributed by atoms with Gasteiger partial charge in [0.15, 0.2) is 5.82 Å². The molecule has 4 aromatic rings. The Morgan fingerprint density at radius 2 is 1.86 bits per heavy atom. The van der Waals surface area contributed by atoms with Crippen molar-refractivity contribution < 1.29 is 0 Å². The first-order chi connectivity index (χ1) is 13.4. The summed E-state index contributed by atoms with van der Waals surface area (Å²) in [6, 6.07) is 9.88. The van der Waals surface area contributed by atoms with Gasteiger partial charge in [-0.05, 0) is 31.2 Å². The highest BCUT2D eigenvalue weighted by atomic mass is 28.3. The third kappa shape index (κ3) is 3.85. The minimum absolute atomic E-state index is 0.590. The summed E-state index contributed by atoms with van der Waals surface area (Å²) >= 11 is 0. The lowest BCUT2D eigenvalue weighted by Gasteiger charge is -2.07. The zero-order valence-corrected chi connectivity index (χ0v) is 17.4. The summed E-state index contributed by atoms with van der Waals surface area (Å²) in [6.45, 7) is 8.65. The maximum Gasteiger partial charge on any atom is 0.180 e. The first-order valence-corrected chi connectivity index (χ1v) is 12.7. The molecule has 0 saturated carbocycles. The molecule has 0 saturated heterocycles. The Kier molecular flexibility index (Phi) is 4.53. The molecular formula is C22H21N5Si. The fourth-order valence-corrected chi connectivity index (χ4v) is 3.36. The summed E-state index contributed by atoms with van der Waals surface area (Å²) < 4.78 is 0. The zero-order valence-electron chi connectivity index (χ0n) is 16.4. The van der Waals surface area contributed by atoms with Gasteiger partial charge in [0.2, 0.25) is 0 Å². The van der Waals surface area contributed by atoms with Gasteiger partial charge in [0.05, 0.1) is 5.69 Å². The minimum Gasteiger partial charge on any atom is -0.346 e. The van der Waals surface area contributed by atoms with Gasteiger partial charge in [-0.2, -0.15) is 0 Å². The van der Waals surface area contributed by atoms with Crippen molar-refractivity contribution in [3.8, 4) is 34.2 Å². The van der Waals surface area contributed by atoms with Crippen LogP contribution in [0.15, 0.2) is 48.9 Å². The van der Waals surface area contributed by atoms with Gasteiger partial charge >= 0.3 is 0 Å². The van der Waals surface area contributed by atoms with Crippen molar-refractivity contribution in [1.29, 1.82) is 0 Å². The number of hydrogen-bond donors (Lipinski definition) is 1. The SMILES string of the molecule is Cc1cccc(-c2nc(-c3cncc(C#C[Si](C)(C)C)c3)c3cc[nH]c3n2)n1. The van der Waals surface area contributed by atoms with Crippen molar-refractivity contribution in [2.24, 2.45) is 0 Å². The number of hydrogen-bond acceptors (Lipinski definition) is 4. The van der Waals surface area contributed by atoms with E-state index in [2.05, 4.69) is 51.0 Å². The molecule has 0 spiro atoms. The predicted molar refractivity (Wildman–Crippen MR) is 115 cm³/mol. The van der Waals surface area contributed by atoms with Gasteiger partial charge in [-0.25, -0.2) is 15.0 Å². The molecule has 0 amide bonds. The summed E-state index contributed by atoms with van der Waals surface area (Å²) in [5, 5.41) is 0.952. The number of pyridine rings is 2. The molecule has 0 atom stereocenters. The van der Waals surface area contributed by atoms with Crippen LogP contribution in [0.5, 0.6) is 0 Å². The third-order valence-corrected chi connectivity index (χ3v) is 5.00. The average molecular weight is 384 g/mol. The van der Waals surface area contributed by atoms with Gasteiger partial charge in [0.25, 0.3) is 0 Å². The van der Waals surface area contributed by atoms with Gasteiger partial charge in [-0.15, -0.1) is 5.54 Å². The van der Waals surface area contributed by atoms with Crippen LogP contribution < -0.4 is 0 Å². The lowest BCUT2D eigenvalue weighted by atomic mass is 10.1. The summed E-state index contributed by atoms with van der Waals surface area (Å²) in [7, 11) is -1.46. The molecule has 0 aliphatic heterocycles. The molecular weight excluding hydrogens is 362 g/mol. The molecule has 0 radical (unpaired) electrons. The number of aryl methyl sites for hydroxylation is 1. The van der Waals surface area contributed by atoms with E-state index in [4.69, 9.17) is 4.98 Å². The van der Waals surface area contributed by atoms with Crippen molar-refractivity contribution >= 4 is 19.1 Å². The molecule has 6 heteroatoms. The van der Waals surface area contributed by atoms with E-state index in [1.54, 1.807) is 6.20 Å². The molecule has 138 valence electrons. The first kappa shape index (κ1) is 18.1. The highest BCUT2D eigenvalue weighted by Gasteiger charge is 2.14. The predicted octanol–water partition coefficient (Wildman–Crippen LogP) is 4.62. The second-order valence-electron chi connectivity index (χ2n) is 7.76. The quantitative estimate of drug-likeness (QED) is 0.405. The normalized spacial score (nSPS) is 11.3. The Balaban J connectivity index is 1.87. The van der Waals surface area contributed by atoms with Gasteiger partial charge < -0.3 is 4.98 Å². The summed E-state index contributed by atoms with van der Waals surface area (Å²) in [4.78, 5) is 21.6. The molecule has 0 aromatic carbocycles. The Bertz CT molecular complexity index is 1220. The largest absolute Gasteiger partial charge is 0.346 e. The molecule has 0 bridgehead atoms. The van der Waals surface area contributed by atoms with Crippen LogP contribution >= 0.6 is 0 Å². The maximum absolute atomic E-state index is 4.83. The topological polar surface area (TPSA) is 67.3 Å². The molecule has 4 rings (SSSR count). The van der Waals surface area contributed by atoms with E-state index in [1.165, 1.54) is 0 Å².